The topological polar surface area (TPSA) is 66.8 Å². The number of aliphatic carboxylic acids is 1. The van der Waals surface area contributed by atoms with Crippen LogP contribution in [0.1, 0.15) is 57.6 Å². The third-order valence-electron chi connectivity index (χ3n) is 5.22. The Balaban J connectivity index is 2.00. The van der Waals surface area contributed by atoms with Crippen LogP contribution >= 0.6 is 0 Å². The molecule has 136 valence electrons. The van der Waals surface area contributed by atoms with Gasteiger partial charge in [0.2, 0.25) is 0 Å². The lowest BCUT2D eigenvalue weighted by Crippen LogP contribution is -2.62. The zero-order chi connectivity index (χ0) is 18.2. The average Bonchev–Trinajstić information content (AvgIpc) is 3.13. The van der Waals surface area contributed by atoms with E-state index in [9.17, 15) is 14.7 Å². The standard InChI is InChI=1S/C20H27NO4/c1-19(2,3)25-18(24)21(16-10-6-7-11-16)20(17(22)23)12-14-8-4-5-9-15(14)13-20/h4-5,8-9,16H,6-7,10-13H2,1-3H3,(H,22,23). The Bertz CT molecular complexity index is 646. The summed E-state index contributed by atoms with van der Waals surface area (Å²) >= 11 is 0. The molecule has 0 saturated heterocycles. The molecule has 5 nitrogen and oxygen atoms in total. The molecule has 1 N–H and O–H groups in total. The second kappa shape index (κ2) is 6.36. The molecule has 1 aromatic carbocycles. The minimum atomic E-state index is -1.25. The van der Waals surface area contributed by atoms with Crippen LogP contribution in [0.5, 0.6) is 0 Å². The van der Waals surface area contributed by atoms with Gasteiger partial charge in [-0.3, -0.25) is 4.90 Å². The number of amides is 1. The first-order valence-corrected chi connectivity index (χ1v) is 9.05. The maximum Gasteiger partial charge on any atom is 0.411 e. The van der Waals surface area contributed by atoms with Gasteiger partial charge in [0.1, 0.15) is 5.60 Å². The number of carboxylic acid groups (broad SMARTS) is 1. The number of benzene rings is 1. The van der Waals surface area contributed by atoms with Crippen molar-refractivity contribution < 1.29 is 19.4 Å². The molecule has 2 aliphatic carbocycles. The van der Waals surface area contributed by atoms with E-state index in [1.54, 1.807) is 4.90 Å². The van der Waals surface area contributed by atoms with Gasteiger partial charge in [-0.25, -0.2) is 9.59 Å². The molecule has 0 heterocycles. The van der Waals surface area contributed by atoms with Gasteiger partial charge < -0.3 is 9.84 Å². The summed E-state index contributed by atoms with van der Waals surface area (Å²) in [5, 5.41) is 10.2. The molecule has 0 unspecified atom stereocenters. The highest BCUT2D eigenvalue weighted by molar-refractivity contribution is 5.87. The van der Waals surface area contributed by atoms with Crippen LogP contribution in [0.4, 0.5) is 4.79 Å². The van der Waals surface area contributed by atoms with Crippen molar-refractivity contribution in [2.45, 2.75) is 76.5 Å². The quantitative estimate of drug-likeness (QED) is 0.905. The van der Waals surface area contributed by atoms with Gasteiger partial charge in [-0.15, -0.1) is 0 Å². The van der Waals surface area contributed by atoms with Gasteiger partial charge in [0.25, 0.3) is 0 Å². The highest BCUT2D eigenvalue weighted by Crippen LogP contribution is 2.40. The molecule has 0 atom stereocenters. The van der Waals surface area contributed by atoms with Crippen molar-refractivity contribution in [3.63, 3.8) is 0 Å². The van der Waals surface area contributed by atoms with Crippen molar-refractivity contribution in [2.24, 2.45) is 0 Å². The Hall–Kier alpha value is -2.04. The fourth-order valence-electron chi connectivity index (χ4n) is 4.17. The van der Waals surface area contributed by atoms with Gasteiger partial charge in [-0.1, -0.05) is 37.1 Å². The number of ether oxygens (including phenoxy) is 1. The average molecular weight is 345 g/mol. The van der Waals surface area contributed by atoms with Crippen molar-refractivity contribution in [1.29, 1.82) is 0 Å². The fraction of sp³-hybridized carbons (Fsp3) is 0.600. The van der Waals surface area contributed by atoms with E-state index in [-0.39, 0.29) is 6.04 Å². The second-order valence-electron chi connectivity index (χ2n) is 8.25. The number of hydrogen-bond donors (Lipinski definition) is 1. The van der Waals surface area contributed by atoms with Crippen molar-refractivity contribution in [1.82, 2.24) is 4.90 Å². The van der Waals surface area contributed by atoms with Crippen molar-refractivity contribution in [2.75, 3.05) is 0 Å². The van der Waals surface area contributed by atoms with E-state index >= 15 is 0 Å². The Morgan fingerprint density at radius 1 is 1.12 bits per heavy atom. The molecule has 25 heavy (non-hydrogen) atoms. The second-order valence-corrected chi connectivity index (χ2v) is 8.25. The van der Waals surface area contributed by atoms with Crippen molar-refractivity contribution >= 4 is 12.1 Å². The van der Waals surface area contributed by atoms with E-state index in [2.05, 4.69) is 0 Å². The normalized spacial score (nSPS) is 19.5. The summed E-state index contributed by atoms with van der Waals surface area (Å²) in [4.78, 5) is 27.0. The molecular weight excluding hydrogens is 318 g/mol. The third kappa shape index (κ3) is 3.37. The van der Waals surface area contributed by atoms with Crippen LogP contribution in [-0.2, 0) is 22.4 Å². The summed E-state index contributed by atoms with van der Waals surface area (Å²) in [6.07, 6.45) is 3.89. The predicted octanol–water partition coefficient (Wildman–Crippen LogP) is 3.79. The van der Waals surface area contributed by atoms with Crippen molar-refractivity contribution in [3.05, 3.63) is 35.4 Å². The molecule has 1 aromatic rings. The van der Waals surface area contributed by atoms with Crippen LogP contribution in [0.3, 0.4) is 0 Å². The molecule has 0 radical (unpaired) electrons. The summed E-state index contributed by atoms with van der Waals surface area (Å²) in [5.41, 5.74) is 0.119. The number of nitrogens with zero attached hydrogens (tertiary/aromatic N) is 1. The summed E-state index contributed by atoms with van der Waals surface area (Å²) in [5.74, 6) is -0.943. The Labute approximate surface area is 149 Å². The van der Waals surface area contributed by atoms with Crippen LogP contribution < -0.4 is 0 Å². The number of carbonyl (C=O) groups excluding carboxylic acids is 1. The van der Waals surface area contributed by atoms with E-state index in [4.69, 9.17) is 4.74 Å². The molecule has 0 aromatic heterocycles. The molecule has 1 amide bonds. The summed E-state index contributed by atoms with van der Waals surface area (Å²) < 4.78 is 5.62. The Morgan fingerprint density at radius 2 is 1.64 bits per heavy atom. The third-order valence-corrected chi connectivity index (χ3v) is 5.22. The molecule has 0 aliphatic heterocycles. The SMILES string of the molecule is CC(C)(C)OC(=O)N(C1CCCC1)C1(C(=O)O)Cc2ccccc2C1. The minimum Gasteiger partial charge on any atom is -0.479 e. The largest absolute Gasteiger partial charge is 0.479 e. The first-order valence-electron chi connectivity index (χ1n) is 9.05. The van der Waals surface area contributed by atoms with Gasteiger partial charge >= 0.3 is 12.1 Å². The zero-order valence-electron chi connectivity index (χ0n) is 15.2. The summed E-state index contributed by atoms with van der Waals surface area (Å²) in [6, 6.07) is 7.69. The predicted molar refractivity (Wildman–Crippen MR) is 94.5 cm³/mol. The van der Waals surface area contributed by atoms with E-state index in [0.29, 0.717) is 12.8 Å². The van der Waals surface area contributed by atoms with E-state index in [1.165, 1.54) is 0 Å². The molecule has 0 spiro atoms. The lowest BCUT2D eigenvalue weighted by molar-refractivity contribution is -0.152. The summed E-state index contributed by atoms with van der Waals surface area (Å²) in [7, 11) is 0. The Morgan fingerprint density at radius 3 is 2.08 bits per heavy atom. The summed E-state index contributed by atoms with van der Waals surface area (Å²) in [6.45, 7) is 5.44. The van der Waals surface area contributed by atoms with Crippen LogP contribution in [-0.4, -0.2) is 39.3 Å². The van der Waals surface area contributed by atoms with Gasteiger partial charge in [-0.05, 0) is 44.7 Å². The molecule has 2 aliphatic rings. The van der Waals surface area contributed by atoms with Crippen LogP contribution in [0.2, 0.25) is 0 Å². The molecule has 1 fully saturated rings. The smallest absolute Gasteiger partial charge is 0.411 e. The lowest BCUT2D eigenvalue weighted by atomic mass is 9.91. The molecule has 0 bridgehead atoms. The number of hydrogen-bond acceptors (Lipinski definition) is 3. The number of fused-ring (bicyclic) bond motifs is 1. The number of rotatable bonds is 3. The molecule has 5 heteroatoms. The Kier molecular flexibility index (Phi) is 4.52. The van der Waals surface area contributed by atoms with Gasteiger partial charge in [-0.2, -0.15) is 0 Å². The first kappa shape index (κ1) is 17.8. The maximum atomic E-state index is 13.0. The van der Waals surface area contributed by atoms with E-state index in [0.717, 1.165) is 36.8 Å². The van der Waals surface area contributed by atoms with Gasteiger partial charge in [0.15, 0.2) is 5.54 Å². The molecular formula is C20H27NO4. The van der Waals surface area contributed by atoms with Crippen molar-refractivity contribution in [3.8, 4) is 0 Å². The lowest BCUT2D eigenvalue weighted by Gasteiger charge is -2.42. The van der Waals surface area contributed by atoms with Crippen LogP contribution in [0.15, 0.2) is 24.3 Å². The van der Waals surface area contributed by atoms with E-state index < -0.39 is 23.2 Å². The molecule has 1 saturated carbocycles. The number of carbonyl (C=O) groups is 2. The highest BCUT2D eigenvalue weighted by atomic mass is 16.6. The maximum absolute atomic E-state index is 13.0. The first-order chi connectivity index (χ1) is 11.7. The number of carboxylic acids is 1. The minimum absolute atomic E-state index is 0.0692. The van der Waals surface area contributed by atoms with Gasteiger partial charge in [0.05, 0.1) is 0 Å². The monoisotopic (exact) mass is 345 g/mol. The van der Waals surface area contributed by atoms with Crippen LogP contribution in [0.25, 0.3) is 0 Å². The van der Waals surface area contributed by atoms with Crippen LogP contribution in [0, 0.1) is 0 Å². The fourth-order valence-corrected chi connectivity index (χ4v) is 4.17. The zero-order valence-corrected chi connectivity index (χ0v) is 15.2. The van der Waals surface area contributed by atoms with Gasteiger partial charge in [0, 0.05) is 18.9 Å². The highest BCUT2D eigenvalue weighted by Gasteiger charge is 2.54. The molecule has 3 rings (SSSR count). The van der Waals surface area contributed by atoms with E-state index in [1.807, 2.05) is 45.0 Å².